The van der Waals surface area contributed by atoms with E-state index in [2.05, 4.69) is 12.2 Å². The molecule has 4 saturated carbocycles. The molecule has 5 aliphatic carbocycles. The van der Waals surface area contributed by atoms with Crippen LogP contribution < -0.4 is 0 Å². The minimum Gasteiger partial charge on any atom is -0.0851 e. The Labute approximate surface area is 124 Å². The lowest BCUT2D eigenvalue weighted by molar-refractivity contribution is -0.0266. The highest BCUT2D eigenvalue weighted by atomic mass is 14.5. The first-order valence-corrected chi connectivity index (χ1v) is 9.57. The van der Waals surface area contributed by atoms with Crippen LogP contribution in [-0.2, 0) is 0 Å². The van der Waals surface area contributed by atoms with Crippen molar-refractivity contribution in [2.75, 3.05) is 0 Å². The van der Waals surface area contributed by atoms with E-state index >= 15 is 0 Å². The molecule has 0 heterocycles. The third kappa shape index (κ3) is 1.79. The fourth-order valence-electron chi connectivity index (χ4n) is 7.49. The molecule has 110 valence electrons. The van der Waals surface area contributed by atoms with Gasteiger partial charge in [-0.3, -0.25) is 0 Å². The monoisotopic (exact) mass is 270 g/mol. The van der Waals surface area contributed by atoms with Gasteiger partial charge in [0.25, 0.3) is 0 Å². The van der Waals surface area contributed by atoms with E-state index in [1.807, 2.05) is 0 Å². The number of hydrogen-bond donors (Lipinski definition) is 0. The molecule has 2 bridgehead atoms. The molecule has 20 heavy (non-hydrogen) atoms. The summed E-state index contributed by atoms with van der Waals surface area (Å²) < 4.78 is 0. The highest BCUT2D eigenvalue weighted by Crippen LogP contribution is 2.58. The number of hydrogen-bond acceptors (Lipinski definition) is 0. The second kappa shape index (κ2) is 4.62. The minimum absolute atomic E-state index is 0.980. The lowest BCUT2D eigenvalue weighted by Crippen LogP contribution is -2.44. The summed E-state index contributed by atoms with van der Waals surface area (Å²) in [6.07, 6.45) is 20.9. The van der Waals surface area contributed by atoms with E-state index in [1.165, 1.54) is 12.3 Å². The zero-order chi connectivity index (χ0) is 13.1. The highest BCUT2D eigenvalue weighted by Gasteiger charge is 2.49. The first-order chi connectivity index (χ1) is 9.88. The van der Waals surface area contributed by atoms with Crippen LogP contribution in [0.4, 0.5) is 0 Å². The molecule has 0 N–H and O–H groups in total. The van der Waals surface area contributed by atoms with E-state index in [1.54, 1.807) is 57.8 Å². The summed E-state index contributed by atoms with van der Waals surface area (Å²) in [6, 6.07) is 0. The second-order valence-electron chi connectivity index (χ2n) is 8.89. The molecule has 0 radical (unpaired) electrons. The normalized spacial score (nSPS) is 56.8. The van der Waals surface area contributed by atoms with Crippen LogP contribution in [0, 0.1) is 47.3 Å². The second-order valence-corrected chi connectivity index (χ2v) is 8.89. The van der Waals surface area contributed by atoms with Gasteiger partial charge in [-0.05, 0) is 73.0 Å². The van der Waals surface area contributed by atoms with E-state index in [0.29, 0.717) is 0 Å². The molecule has 0 aromatic rings. The summed E-state index contributed by atoms with van der Waals surface area (Å²) in [5.74, 6) is 8.77. The van der Waals surface area contributed by atoms with Crippen molar-refractivity contribution in [1.82, 2.24) is 0 Å². The van der Waals surface area contributed by atoms with E-state index < -0.39 is 0 Å². The molecule has 5 rings (SSSR count). The van der Waals surface area contributed by atoms with Gasteiger partial charge in [-0.2, -0.15) is 0 Å². The topological polar surface area (TPSA) is 0 Å². The molecule has 0 nitrogen and oxygen atoms in total. The zero-order valence-corrected chi connectivity index (χ0v) is 12.8. The largest absolute Gasteiger partial charge is 0.0851 e. The average molecular weight is 270 g/mol. The van der Waals surface area contributed by atoms with E-state index in [4.69, 9.17) is 0 Å². The third-order valence-electron chi connectivity index (χ3n) is 8.08. The van der Waals surface area contributed by atoms with Crippen molar-refractivity contribution in [3.63, 3.8) is 0 Å². The molecule has 0 aliphatic heterocycles. The summed E-state index contributed by atoms with van der Waals surface area (Å²) in [6.45, 7) is 0. The van der Waals surface area contributed by atoms with E-state index in [0.717, 1.165) is 41.4 Å². The van der Waals surface area contributed by atoms with Crippen molar-refractivity contribution < 1.29 is 0 Å². The Balaban J connectivity index is 1.37. The smallest absolute Gasteiger partial charge is 0.0197 e. The fourth-order valence-corrected chi connectivity index (χ4v) is 7.49. The molecule has 0 amide bonds. The van der Waals surface area contributed by atoms with Crippen LogP contribution in [0.5, 0.6) is 0 Å². The maximum Gasteiger partial charge on any atom is -0.0197 e. The summed E-state index contributed by atoms with van der Waals surface area (Å²) in [5, 5.41) is 0. The molecule has 0 heteroatoms. The van der Waals surface area contributed by atoms with Gasteiger partial charge >= 0.3 is 0 Å². The molecule has 0 saturated heterocycles. The summed E-state index contributed by atoms with van der Waals surface area (Å²) >= 11 is 0. The van der Waals surface area contributed by atoms with Gasteiger partial charge < -0.3 is 0 Å². The Morgan fingerprint density at radius 3 is 1.90 bits per heavy atom. The standard InChI is InChI=1S/C20H30/c1-3-14-4-2-6-17-12-18(11-16(5-1)20(14)17)19-10-13-7-8-15(19)9-13/h7-8,13-20H,1-6,9-12H2. The van der Waals surface area contributed by atoms with Crippen molar-refractivity contribution in [3.05, 3.63) is 12.2 Å². The Bertz CT molecular complexity index is 388. The molecular formula is C20H30. The van der Waals surface area contributed by atoms with Crippen LogP contribution in [0.1, 0.15) is 64.2 Å². The van der Waals surface area contributed by atoms with E-state index in [-0.39, 0.29) is 0 Å². The summed E-state index contributed by atoms with van der Waals surface area (Å²) in [4.78, 5) is 0. The summed E-state index contributed by atoms with van der Waals surface area (Å²) in [7, 11) is 0. The summed E-state index contributed by atoms with van der Waals surface area (Å²) in [5.41, 5.74) is 0. The maximum absolute atomic E-state index is 2.59. The lowest BCUT2D eigenvalue weighted by Gasteiger charge is -2.53. The predicted octanol–water partition coefficient (Wildman–Crippen LogP) is 5.44. The first kappa shape index (κ1) is 12.3. The molecule has 4 fully saturated rings. The lowest BCUT2D eigenvalue weighted by atomic mass is 9.53. The zero-order valence-electron chi connectivity index (χ0n) is 12.8. The fraction of sp³-hybridized carbons (Fsp3) is 0.900. The molecule has 0 spiro atoms. The van der Waals surface area contributed by atoms with Crippen molar-refractivity contribution >= 4 is 0 Å². The minimum atomic E-state index is 0.980. The van der Waals surface area contributed by atoms with Crippen LogP contribution >= 0.6 is 0 Å². The van der Waals surface area contributed by atoms with Crippen molar-refractivity contribution in [3.8, 4) is 0 Å². The van der Waals surface area contributed by atoms with E-state index in [9.17, 15) is 0 Å². The number of rotatable bonds is 1. The van der Waals surface area contributed by atoms with Crippen LogP contribution in [0.3, 0.4) is 0 Å². The predicted molar refractivity (Wildman–Crippen MR) is 83.2 cm³/mol. The molecule has 5 aliphatic rings. The van der Waals surface area contributed by atoms with Gasteiger partial charge in [0.05, 0.1) is 0 Å². The Kier molecular flexibility index (Phi) is 2.84. The van der Waals surface area contributed by atoms with Gasteiger partial charge in [0.1, 0.15) is 0 Å². The van der Waals surface area contributed by atoms with Crippen LogP contribution in [0.15, 0.2) is 12.2 Å². The SMILES string of the molecule is C1=CC2CC1CC2C1CC2CCCC3CCCC(C1)C32. The Morgan fingerprint density at radius 2 is 1.30 bits per heavy atom. The first-order valence-electron chi connectivity index (χ1n) is 9.57. The van der Waals surface area contributed by atoms with Crippen molar-refractivity contribution in [1.29, 1.82) is 0 Å². The third-order valence-corrected chi connectivity index (χ3v) is 8.08. The van der Waals surface area contributed by atoms with Crippen LogP contribution in [-0.4, -0.2) is 0 Å². The number of allylic oxidation sites excluding steroid dienone is 2. The molecular weight excluding hydrogens is 240 g/mol. The van der Waals surface area contributed by atoms with Gasteiger partial charge in [0, 0.05) is 0 Å². The van der Waals surface area contributed by atoms with Gasteiger partial charge in [0.2, 0.25) is 0 Å². The van der Waals surface area contributed by atoms with Gasteiger partial charge in [-0.15, -0.1) is 0 Å². The van der Waals surface area contributed by atoms with Crippen molar-refractivity contribution in [2.24, 2.45) is 47.3 Å². The molecule has 0 aromatic heterocycles. The Hall–Kier alpha value is -0.260. The van der Waals surface area contributed by atoms with Gasteiger partial charge in [0.15, 0.2) is 0 Å². The van der Waals surface area contributed by atoms with Crippen molar-refractivity contribution in [2.45, 2.75) is 64.2 Å². The Morgan fingerprint density at radius 1 is 0.600 bits per heavy atom. The molecule has 0 aromatic carbocycles. The quantitative estimate of drug-likeness (QED) is 0.556. The van der Waals surface area contributed by atoms with Gasteiger partial charge in [-0.25, -0.2) is 0 Å². The van der Waals surface area contributed by atoms with Gasteiger partial charge in [-0.1, -0.05) is 50.7 Å². The highest BCUT2D eigenvalue weighted by molar-refractivity contribution is 5.12. The maximum atomic E-state index is 2.59. The molecule has 5 atom stereocenters. The molecule has 5 unspecified atom stereocenters. The van der Waals surface area contributed by atoms with Crippen LogP contribution in [0.25, 0.3) is 0 Å². The number of fused-ring (bicyclic) bond motifs is 2. The average Bonchev–Trinajstić information content (AvgIpc) is 3.10. The van der Waals surface area contributed by atoms with Crippen LogP contribution in [0.2, 0.25) is 0 Å².